The zero-order valence-corrected chi connectivity index (χ0v) is 44.9. The second-order valence-corrected chi connectivity index (χ2v) is 22.8. The normalized spacial score (nSPS) is 13.8. The van der Waals surface area contributed by atoms with Crippen LogP contribution < -0.4 is 9.30 Å². The number of fused-ring (bicyclic) bond motifs is 13. The molecule has 4 aromatic heterocycles. The van der Waals surface area contributed by atoms with Crippen molar-refractivity contribution in [2.45, 2.75) is 52.4 Å². The molecule has 6 heteroatoms. The van der Waals surface area contributed by atoms with Gasteiger partial charge < -0.3 is 9.15 Å². The molecule has 14 aromatic rings. The summed E-state index contributed by atoms with van der Waals surface area (Å²) in [6, 6.07) is 54.5. The summed E-state index contributed by atoms with van der Waals surface area (Å²) >= 11 is 0. The van der Waals surface area contributed by atoms with E-state index < -0.39 is 36.3 Å². The van der Waals surface area contributed by atoms with Gasteiger partial charge in [0.25, 0.3) is 6.33 Å². The number of hydrogen-bond donors (Lipinski definition) is 0. The Morgan fingerprint density at radius 1 is 0.475 bits per heavy atom. The largest absolute Gasteiger partial charge is 0.458 e. The van der Waals surface area contributed by atoms with Gasteiger partial charge in [0.1, 0.15) is 28.5 Å². The van der Waals surface area contributed by atoms with Gasteiger partial charge in [-0.15, -0.1) is 0 Å². The van der Waals surface area contributed by atoms with E-state index in [0.29, 0.717) is 56.2 Å². The van der Waals surface area contributed by atoms with Crippen molar-refractivity contribution in [3.8, 4) is 84.3 Å². The maximum absolute atomic E-state index is 10.00. The molecule has 0 bridgehead atoms. The molecule has 0 radical (unpaired) electrons. The molecule has 0 atom stereocenters. The quantitative estimate of drug-likeness (QED) is 0.123. The number of furan rings is 1. The number of rotatable bonds is 6. The van der Waals surface area contributed by atoms with Crippen LogP contribution in [-0.2, 0) is 10.8 Å². The summed E-state index contributed by atoms with van der Waals surface area (Å²) in [6.07, 6.45) is 5.67. The number of pyridine rings is 1. The fourth-order valence-electron chi connectivity index (χ4n) is 11.7. The highest BCUT2D eigenvalue weighted by Crippen LogP contribution is 2.47. The van der Waals surface area contributed by atoms with Crippen molar-refractivity contribution in [3.63, 3.8) is 0 Å². The van der Waals surface area contributed by atoms with Crippen molar-refractivity contribution in [1.29, 1.82) is 0 Å². The Morgan fingerprint density at radius 2 is 1.12 bits per heavy atom. The van der Waals surface area contributed by atoms with Crippen LogP contribution in [0.3, 0.4) is 0 Å². The molecule has 5 heterocycles. The molecule has 0 unspecified atom stereocenters. The predicted molar refractivity (Wildman–Crippen MR) is 328 cm³/mol. The lowest BCUT2D eigenvalue weighted by Gasteiger charge is -2.20. The topological polar surface area (TPSA) is 49.0 Å². The van der Waals surface area contributed by atoms with Gasteiger partial charge in [0, 0.05) is 33.8 Å². The maximum Gasteiger partial charge on any atom is 0.269 e. The summed E-state index contributed by atoms with van der Waals surface area (Å²) in [6.45, 7) is 13.1. The second kappa shape index (κ2) is 17.9. The molecule has 0 N–H and O–H groups in total. The van der Waals surface area contributed by atoms with E-state index in [4.69, 9.17) is 14.1 Å². The van der Waals surface area contributed by atoms with Crippen molar-refractivity contribution in [2.75, 3.05) is 0 Å². The van der Waals surface area contributed by atoms with Crippen LogP contribution in [0, 0.1) is 6.33 Å². The lowest BCUT2D eigenvalue weighted by atomic mass is 9.85. The number of hydrogen-bond acceptors (Lipinski definition) is 3. The third-order valence-electron chi connectivity index (χ3n) is 15.7. The van der Waals surface area contributed by atoms with Crippen molar-refractivity contribution in [2.24, 2.45) is 0 Å². The number of aromatic nitrogens is 4. The second-order valence-electron chi connectivity index (χ2n) is 22.8. The summed E-state index contributed by atoms with van der Waals surface area (Å²) in [5, 5.41) is 3.92. The lowest BCUT2D eigenvalue weighted by molar-refractivity contribution is -0.570. The minimum Gasteiger partial charge on any atom is -0.458 e. The third-order valence-corrected chi connectivity index (χ3v) is 15.7. The van der Waals surface area contributed by atoms with Gasteiger partial charge in [-0.2, -0.15) is 0 Å². The van der Waals surface area contributed by atoms with Crippen LogP contribution in [0.15, 0.2) is 235 Å². The van der Waals surface area contributed by atoms with Gasteiger partial charge in [0.15, 0.2) is 0 Å². The van der Waals surface area contributed by atoms with Gasteiger partial charge in [-0.1, -0.05) is 187 Å². The summed E-state index contributed by atoms with van der Waals surface area (Å²) in [7, 11) is 0. The van der Waals surface area contributed by atoms with Gasteiger partial charge >= 0.3 is 0 Å². The Hall–Kier alpha value is -9.78. The number of benzene rings is 10. The molecule has 80 heavy (non-hydrogen) atoms. The van der Waals surface area contributed by atoms with E-state index in [1.54, 1.807) is 0 Å². The van der Waals surface area contributed by atoms with Crippen LogP contribution in [0.25, 0.3) is 128 Å². The van der Waals surface area contributed by atoms with E-state index in [1.165, 1.54) is 0 Å². The van der Waals surface area contributed by atoms with Gasteiger partial charge in [-0.3, -0.25) is 13.7 Å². The van der Waals surface area contributed by atoms with Crippen molar-refractivity contribution in [3.05, 3.63) is 248 Å². The van der Waals surface area contributed by atoms with Crippen LogP contribution in [0.4, 0.5) is 0 Å². The summed E-state index contributed by atoms with van der Waals surface area (Å²) in [5.74, 6) is 1.92. The summed E-state index contributed by atoms with van der Waals surface area (Å²) in [4.78, 5) is 4.91. The van der Waals surface area contributed by atoms with Crippen LogP contribution in [0.5, 0.6) is 11.5 Å². The SMILES string of the molecule is [2H]c1c([2H])c([2H])c2c(c1[2H])-c1cccc(-c3ccc4oc5ccccc5c4c3)c1-[n+]1[c-]n(-c3cccc(Oc4ccc5c6ccccc6n(-c6cc(C(C)(C)C)ccn6)c5c4)c3)c3cc(-c4ccc(C(C)(C)C)cc4)cc(c31)-c1c([2H])c([2H])c([2H])c([2H])c1-2. The fourth-order valence-corrected chi connectivity index (χ4v) is 11.7. The third kappa shape index (κ3) is 7.69. The average molecular weight is 1040 g/mol. The Balaban J connectivity index is 1.03. The van der Waals surface area contributed by atoms with Crippen molar-refractivity contribution < 1.29 is 24.7 Å². The van der Waals surface area contributed by atoms with Gasteiger partial charge in [0.05, 0.1) is 44.4 Å². The molecule has 10 aromatic carbocycles. The molecule has 0 amide bonds. The molecule has 15 rings (SSSR count). The minimum absolute atomic E-state index is 0.0486. The number of imidazole rings is 1. The van der Waals surface area contributed by atoms with E-state index in [-0.39, 0.29) is 45.2 Å². The molecule has 0 saturated carbocycles. The Bertz CT molecular complexity index is 5320. The summed E-state index contributed by atoms with van der Waals surface area (Å²) in [5.41, 5.74) is 11.4. The first-order chi connectivity index (χ1) is 42.2. The minimum atomic E-state index is -0.540. The van der Waals surface area contributed by atoms with Gasteiger partial charge in [-0.25, -0.2) is 4.98 Å². The van der Waals surface area contributed by atoms with E-state index in [2.05, 4.69) is 125 Å². The van der Waals surface area contributed by atoms with Crippen LogP contribution >= 0.6 is 0 Å². The molecule has 0 spiro atoms. The van der Waals surface area contributed by atoms with Crippen LogP contribution in [-0.4, -0.2) is 14.1 Å². The molecule has 1 aliphatic heterocycles. The molecule has 384 valence electrons. The molecular weight excluding hydrogens is 977 g/mol. The molecule has 1 aliphatic rings. The first-order valence-electron chi connectivity index (χ1n) is 30.9. The van der Waals surface area contributed by atoms with Crippen LogP contribution in [0.2, 0.25) is 0 Å². The lowest BCUT2D eigenvalue weighted by Crippen LogP contribution is -2.32. The van der Waals surface area contributed by atoms with Gasteiger partial charge in [0.2, 0.25) is 0 Å². The monoisotopic (exact) mass is 1040 g/mol. The van der Waals surface area contributed by atoms with Gasteiger partial charge in [-0.05, 0) is 150 Å². The van der Waals surface area contributed by atoms with E-state index in [1.807, 2.05) is 118 Å². The number of para-hydroxylation sites is 3. The van der Waals surface area contributed by atoms with E-state index >= 15 is 0 Å². The maximum atomic E-state index is 10.00. The number of nitrogens with zero attached hydrogens (tertiary/aromatic N) is 4. The van der Waals surface area contributed by atoms with Crippen LogP contribution in [0.1, 0.15) is 63.6 Å². The Labute approximate surface area is 476 Å². The highest BCUT2D eigenvalue weighted by Gasteiger charge is 2.28. The Morgan fingerprint density at radius 3 is 1.90 bits per heavy atom. The Kier molecular flexibility index (Phi) is 8.84. The predicted octanol–water partition coefficient (Wildman–Crippen LogP) is 19.1. The molecule has 6 nitrogen and oxygen atoms in total. The standard InChI is InChI=1S/C74H56N4O2/c1-73(2,3)49-32-29-46(30-33-49)48-40-64-58-22-10-8-20-56(58)55-19-7-9-21-57(55)62-26-16-25-54(47-31-36-69-63(39-47)61-24-12-14-28-68(61)80-69)71(62)77-45-76(67(41-48)72(64)77)51-17-15-18-52(43-51)79-53-34-35-60-59-23-11-13-27-65(59)78(66(60)44-53)70-42-50(37-38-75-70)74(4,5)6/h7-44H,1-6H3/i7D,8D,9D,10D,19D,20D,21D,22D. The number of ether oxygens (including phenoxy) is 1. The smallest absolute Gasteiger partial charge is 0.269 e. The van der Waals surface area contributed by atoms with E-state index in [0.717, 1.165) is 71.8 Å². The molecule has 0 saturated heterocycles. The van der Waals surface area contributed by atoms with Crippen molar-refractivity contribution in [1.82, 2.24) is 14.1 Å². The first kappa shape index (κ1) is 39.6. The highest BCUT2D eigenvalue weighted by molar-refractivity contribution is 6.10. The summed E-state index contributed by atoms with van der Waals surface area (Å²) < 4.78 is 95.9. The zero-order chi connectivity index (χ0) is 61.0. The highest BCUT2D eigenvalue weighted by atomic mass is 16.5. The molecular formula is C74H56N4O2. The first-order valence-corrected chi connectivity index (χ1v) is 26.9. The fraction of sp³-hybridized carbons (Fsp3) is 0.108. The zero-order valence-electron chi connectivity index (χ0n) is 52.9. The molecule has 0 fully saturated rings. The van der Waals surface area contributed by atoms with Crippen molar-refractivity contribution >= 4 is 54.8 Å². The average Bonchev–Trinajstić information content (AvgIpc) is 1.46. The van der Waals surface area contributed by atoms with E-state index in [9.17, 15) is 11.0 Å². The molecule has 0 aliphatic carbocycles.